The normalized spacial score (nSPS) is 12.2. The summed E-state index contributed by atoms with van der Waals surface area (Å²) in [6.45, 7) is 0. The van der Waals surface area contributed by atoms with E-state index in [1.165, 1.54) is 29.6 Å². The van der Waals surface area contributed by atoms with Gasteiger partial charge >= 0.3 is 5.97 Å². The second-order valence-corrected chi connectivity index (χ2v) is 5.57. The molecule has 88 valence electrons. The van der Waals surface area contributed by atoms with Gasteiger partial charge in [0.1, 0.15) is 11.6 Å². The molecule has 0 saturated heterocycles. The number of aromatic nitrogens is 2. The van der Waals surface area contributed by atoms with Gasteiger partial charge in [0.25, 0.3) is 0 Å². The van der Waals surface area contributed by atoms with Crippen LogP contribution in [0.25, 0.3) is 0 Å². The van der Waals surface area contributed by atoms with Crippen LogP contribution in [0.4, 0.5) is 0 Å². The summed E-state index contributed by atoms with van der Waals surface area (Å²) >= 11 is 2.46. The zero-order valence-corrected chi connectivity index (χ0v) is 10.4. The van der Waals surface area contributed by atoms with Gasteiger partial charge in [-0.1, -0.05) is 42.1 Å². The minimum absolute atomic E-state index is 0.487. The molecule has 4 nitrogen and oxygen atoms in total. The van der Waals surface area contributed by atoms with E-state index in [1.807, 2.05) is 30.3 Å². The quantitative estimate of drug-likeness (QED) is 0.841. The van der Waals surface area contributed by atoms with Gasteiger partial charge in [-0.15, -0.1) is 0 Å². The highest BCUT2D eigenvalue weighted by Gasteiger charge is 2.20. The van der Waals surface area contributed by atoms with Crippen LogP contribution >= 0.6 is 23.3 Å². The Morgan fingerprint density at radius 3 is 2.76 bits per heavy atom. The molecule has 1 heterocycles. The number of carbonyl (C=O) groups is 1. The van der Waals surface area contributed by atoms with Crippen molar-refractivity contribution < 1.29 is 9.90 Å². The molecular formula is C11H10N2O2S2. The van der Waals surface area contributed by atoms with Gasteiger partial charge in [-0.3, -0.25) is 4.79 Å². The highest BCUT2D eigenvalue weighted by Crippen LogP contribution is 2.26. The van der Waals surface area contributed by atoms with Crippen molar-refractivity contribution in [2.75, 3.05) is 0 Å². The van der Waals surface area contributed by atoms with Crippen LogP contribution in [0.3, 0.4) is 0 Å². The smallest absolute Gasteiger partial charge is 0.317 e. The number of carboxylic acid groups (broad SMARTS) is 1. The largest absolute Gasteiger partial charge is 0.480 e. The first-order chi connectivity index (χ1) is 8.25. The summed E-state index contributed by atoms with van der Waals surface area (Å²) in [7, 11) is 0. The number of thioether (sulfide) groups is 1. The summed E-state index contributed by atoms with van der Waals surface area (Å²) in [6.07, 6.45) is 1.93. The summed E-state index contributed by atoms with van der Waals surface area (Å²) in [6, 6.07) is 9.58. The van der Waals surface area contributed by atoms with Crippen LogP contribution in [-0.2, 0) is 11.2 Å². The van der Waals surface area contributed by atoms with E-state index in [9.17, 15) is 4.79 Å². The summed E-state index contributed by atoms with van der Waals surface area (Å²) in [5.41, 5.74) is 1.01. The minimum Gasteiger partial charge on any atom is -0.480 e. The van der Waals surface area contributed by atoms with Crippen LogP contribution in [0.1, 0.15) is 5.56 Å². The molecule has 0 aliphatic rings. The van der Waals surface area contributed by atoms with E-state index in [-0.39, 0.29) is 0 Å². The van der Waals surface area contributed by atoms with E-state index in [4.69, 9.17) is 5.11 Å². The van der Waals surface area contributed by atoms with Crippen molar-refractivity contribution in [3.05, 3.63) is 42.2 Å². The average Bonchev–Trinajstić information content (AvgIpc) is 2.82. The molecule has 1 unspecified atom stereocenters. The van der Waals surface area contributed by atoms with Crippen molar-refractivity contribution in [2.24, 2.45) is 0 Å². The lowest BCUT2D eigenvalue weighted by Crippen LogP contribution is -2.18. The van der Waals surface area contributed by atoms with Crippen molar-refractivity contribution in [1.82, 2.24) is 9.36 Å². The monoisotopic (exact) mass is 266 g/mol. The Balaban J connectivity index is 2.06. The Kier molecular flexibility index (Phi) is 4.11. The minimum atomic E-state index is -0.825. The lowest BCUT2D eigenvalue weighted by atomic mass is 10.1. The molecule has 1 aromatic heterocycles. The van der Waals surface area contributed by atoms with Crippen molar-refractivity contribution >= 4 is 29.3 Å². The third-order valence-corrected chi connectivity index (χ3v) is 4.06. The molecule has 6 heteroatoms. The molecule has 17 heavy (non-hydrogen) atoms. The molecule has 2 aromatic rings. The molecule has 1 aromatic carbocycles. The van der Waals surface area contributed by atoms with Crippen LogP contribution in [0.5, 0.6) is 0 Å². The molecule has 0 amide bonds. The first-order valence-corrected chi connectivity index (χ1v) is 6.61. The van der Waals surface area contributed by atoms with Gasteiger partial charge in [0.15, 0.2) is 4.34 Å². The fourth-order valence-corrected chi connectivity index (χ4v) is 3.00. The number of benzene rings is 1. The zero-order chi connectivity index (χ0) is 12.1. The van der Waals surface area contributed by atoms with E-state index >= 15 is 0 Å². The standard InChI is InChI=1S/C11H10N2O2S2/c14-10(15)9(16-11-12-7-13-17-11)6-8-4-2-1-3-5-8/h1-5,7,9H,6H2,(H,14,15). The molecule has 0 saturated carbocycles. The maximum Gasteiger partial charge on any atom is 0.317 e. The highest BCUT2D eigenvalue weighted by molar-refractivity contribution is 8.02. The van der Waals surface area contributed by atoms with Crippen LogP contribution in [0.2, 0.25) is 0 Å². The lowest BCUT2D eigenvalue weighted by Gasteiger charge is -2.09. The van der Waals surface area contributed by atoms with Gasteiger partial charge in [-0.05, 0) is 23.5 Å². The molecule has 0 aliphatic heterocycles. The van der Waals surface area contributed by atoms with Gasteiger partial charge in [-0.2, -0.15) is 4.37 Å². The SMILES string of the molecule is O=C(O)C(Cc1ccccc1)Sc1ncns1. The van der Waals surface area contributed by atoms with Gasteiger partial charge in [0.05, 0.1) is 0 Å². The Hall–Kier alpha value is -1.40. The topological polar surface area (TPSA) is 63.1 Å². The summed E-state index contributed by atoms with van der Waals surface area (Å²) in [4.78, 5) is 15.2. The number of rotatable bonds is 5. The molecule has 1 atom stereocenters. The van der Waals surface area contributed by atoms with E-state index in [1.54, 1.807) is 0 Å². The molecule has 0 radical (unpaired) electrons. The second-order valence-electron chi connectivity index (χ2n) is 3.34. The van der Waals surface area contributed by atoms with Crippen molar-refractivity contribution in [3.63, 3.8) is 0 Å². The Morgan fingerprint density at radius 2 is 2.18 bits per heavy atom. The molecule has 0 aliphatic carbocycles. The lowest BCUT2D eigenvalue weighted by molar-refractivity contribution is -0.136. The molecule has 0 bridgehead atoms. The Labute approximate surface area is 107 Å². The maximum atomic E-state index is 11.2. The molecule has 0 spiro atoms. The first-order valence-electron chi connectivity index (χ1n) is 4.96. The maximum absolute atomic E-state index is 11.2. The summed E-state index contributed by atoms with van der Waals surface area (Å²) in [5.74, 6) is -0.825. The van der Waals surface area contributed by atoms with Crippen LogP contribution in [-0.4, -0.2) is 25.7 Å². The van der Waals surface area contributed by atoms with E-state index in [0.717, 1.165) is 5.56 Å². The predicted octanol–water partition coefficient (Wildman–Crippen LogP) is 2.33. The average molecular weight is 266 g/mol. The number of carboxylic acids is 1. The molecular weight excluding hydrogens is 256 g/mol. The zero-order valence-electron chi connectivity index (χ0n) is 8.81. The van der Waals surface area contributed by atoms with Crippen LogP contribution in [0, 0.1) is 0 Å². The number of hydrogen-bond donors (Lipinski definition) is 1. The number of hydrogen-bond acceptors (Lipinski definition) is 5. The predicted molar refractivity (Wildman–Crippen MR) is 67.3 cm³/mol. The fraction of sp³-hybridized carbons (Fsp3) is 0.182. The van der Waals surface area contributed by atoms with Gasteiger partial charge in [-0.25, -0.2) is 4.98 Å². The first kappa shape index (κ1) is 12.1. The molecule has 1 N–H and O–H groups in total. The van der Waals surface area contributed by atoms with E-state index in [2.05, 4.69) is 9.36 Å². The van der Waals surface area contributed by atoms with Gasteiger partial charge < -0.3 is 5.11 Å². The van der Waals surface area contributed by atoms with E-state index < -0.39 is 11.2 Å². The second kappa shape index (κ2) is 5.79. The van der Waals surface area contributed by atoms with Gasteiger partial charge in [0.2, 0.25) is 0 Å². The van der Waals surface area contributed by atoms with Crippen LogP contribution < -0.4 is 0 Å². The van der Waals surface area contributed by atoms with Crippen molar-refractivity contribution in [3.8, 4) is 0 Å². The Morgan fingerprint density at radius 1 is 1.41 bits per heavy atom. The third kappa shape index (κ3) is 3.54. The number of nitrogens with zero attached hydrogens (tertiary/aromatic N) is 2. The molecule has 2 rings (SSSR count). The molecule has 0 fully saturated rings. The van der Waals surface area contributed by atoms with Gasteiger partial charge in [0, 0.05) is 0 Å². The highest BCUT2D eigenvalue weighted by atomic mass is 32.2. The van der Waals surface area contributed by atoms with Crippen molar-refractivity contribution in [1.29, 1.82) is 0 Å². The van der Waals surface area contributed by atoms with E-state index in [0.29, 0.717) is 10.8 Å². The fourth-order valence-electron chi connectivity index (χ4n) is 1.34. The summed E-state index contributed by atoms with van der Waals surface area (Å²) in [5, 5.41) is 8.65. The van der Waals surface area contributed by atoms with Crippen molar-refractivity contribution in [2.45, 2.75) is 16.0 Å². The Bertz CT molecular complexity index is 473. The van der Waals surface area contributed by atoms with Crippen LogP contribution in [0.15, 0.2) is 41.0 Å². The summed E-state index contributed by atoms with van der Waals surface area (Å²) < 4.78 is 4.55. The number of aliphatic carboxylic acids is 1. The third-order valence-electron chi connectivity index (χ3n) is 2.12.